The molecule has 1 aromatic carbocycles. The largest absolute Gasteiger partial charge is 0.354 e. The molecule has 1 N–H and O–H groups in total. The van der Waals surface area contributed by atoms with Crippen LogP contribution in [0.3, 0.4) is 0 Å². The molecule has 2 heterocycles. The minimum atomic E-state index is -0.451. The molecule has 130 valence electrons. The minimum Gasteiger partial charge on any atom is -0.354 e. The molecule has 2 aromatic heterocycles. The average Bonchev–Trinajstić information content (AvgIpc) is 3.01. The number of hydrogen-bond acceptors (Lipinski definition) is 8. The maximum Gasteiger partial charge on any atom is 0.353 e. The maximum atomic E-state index is 11.6. The normalized spacial score (nSPS) is 10.8. The highest BCUT2D eigenvalue weighted by atomic mass is 32.1. The van der Waals surface area contributed by atoms with Crippen LogP contribution in [0.2, 0.25) is 0 Å². The Kier molecular flexibility index (Phi) is 5.03. The molecular weight excluding hydrogens is 340 g/mol. The number of nitro groups is 1. The lowest BCUT2D eigenvalue weighted by Gasteiger charge is -2.18. The van der Waals surface area contributed by atoms with E-state index in [-0.39, 0.29) is 11.5 Å². The van der Waals surface area contributed by atoms with Gasteiger partial charge in [-0.3, -0.25) is 10.1 Å². The fourth-order valence-electron chi connectivity index (χ4n) is 2.44. The number of benzene rings is 1. The Bertz CT molecular complexity index is 864. The second-order valence-corrected chi connectivity index (χ2v) is 6.57. The third-order valence-electron chi connectivity index (χ3n) is 3.71. The van der Waals surface area contributed by atoms with Crippen molar-refractivity contribution in [3.05, 3.63) is 40.7 Å². The Balaban J connectivity index is 1.96. The van der Waals surface area contributed by atoms with Crippen molar-refractivity contribution >= 4 is 44.0 Å². The summed E-state index contributed by atoms with van der Waals surface area (Å²) in [6, 6.07) is 7.68. The Morgan fingerprint density at radius 1 is 1.32 bits per heavy atom. The van der Waals surface area contributed by atoms with Crippen LogP contribution in [0.1, 0.15) is 19.8 Å². The molecule has 0 spiro atoms. The molecule has 0 aliphatic heterocycles. The number of thiazole rings is 1. The van der Waals surface area contributed by atoms with E-state index in [2.05, 4.69) is 27.2 Å². The number of aromatic nitrogens is 3. The van der Waals surface area contributed by atoms with Crippen molar-refractivity contribution in [3.8, 4) is 0 Å². The number of anilines is 3. The molecule has 0 aliphatic rings. The molecule has 25 heavy (non-hydrogen) atoms. The van der Waals surface area contributed by atoms with Gasteiger partial charge in [-0.25, -0.2) is 15.0 Å². The first-order valence-corrected chi connectivity index (χ1v) is 8.75. The van der Waals surface area contributed by atoms with Gasteiger partial charge in [0.1, 0.15) is 6.33 Å². The molecule has 3 rings (SSSR count). The molecule has 0 fully saturated rings. The van der Waals surface area contributed by atoms with Crippen molar-refractivity contribution < 1.29 is 4.92 Å². The molecular formula is C16H18N6O2S. The van der Waals surface area contributed by atoms with Crippen molar-refractivity contribution in [3.63, 3.8) is 0 Å². The van der Waals surface area contributed by atoms with Gasteiger partial charge in [-0.05, 0) is 18.6 Å². The van der Waals surface area contributed by atoms with Gasteiger partial charge in [0.15, 0.2) is 5.13 Å². The van der Waals surface area contributed by atoms with E-state index >= 15 is 0 Å². The first-order chi connectivity index (χ1) is 12.1. The SMILES string of the molecule is CCCCN(C)c1ncnc(Nc2nc3ccccc3s2)c1[N+](=O)[O-]. The summed E-state index contributed by atoms with van der Waals surface area (Å²) in [5.41, 5.74) is 0.701. The highest BCUT2D eigenvalue weighted by molar-refractivity contribution is 7.22. The fourth-order valence-corrected chi connectivity index (χ4v) is 3.30. The van der Waals surface area contributed by atoms with Crippen LogP contribution < -0.4 is 10.2 Å². The molecule has 0 atom stereocenters. The number of hydrogen-bond donors (Lipinski definition) is 1. The van der Waals surface area contributed by atoms with Gasteiger partial charge < -0.3 is 10.2 Å². The zero-order chi connectivity index (χ0) is 17.8. The van der Waals surface area contributed by atoms with Gasteiger partial charge in [-0.2, -0.15) is 0 Å². The molecule has 0 amide bonds. The second kappa shape index (κ2) is 7.39. The van der Waals surface area contributed by atoms with E-state index in [9.17, 15) is 10.1 Å². The van der Waals surface area contributed by atoms with Crippen LogP contribution in [0.5, 0.6) is 0 Å². The first kappa shape index (κ1) is 17.0. The van der Waals surface area contributed by atoms with E-state index < -0.39 is 4.92 Å². The number of rotatable bonds is 7. The van der Waals surface area contributed by atoms with Crippen LogP contribution in [0, 0.1) is 10.1 Å². The van der Waals surface area contributed by atoms with Gasteiger partial charge in [0.05, 0.1) is 15.1 Å². The van der Waals surface area contributed by atoms with Gasteiger partial charge in [0.2, 0.25) is 11.6 Å². The van der Waals surface area contributed by atoms with Crippen molar-refractivity contribution in [2.75, 3.05) is 23.8 Å². The molecule has 0 aliphatic carbocycles. The van der Waals surface area contributed by atoms with Crippen molar-refractivity contribution in [2.45, 2.75) is 19.8 Å². The van der Waals surface area contributed by atoms with E-state index in [1.54, 1.807) is 11.9 Å². The minimum absolute atomic E-state index is 0.139. The third-order valence-corrected chi connectivity index (χ3v) is 4.67. The highest BCUT2D eigenvalue weighted by Crippen LogP contribution is 2.35. The number of para-hydroxylation sites is 1. The van der Waals surface area contributed by atoms with Crippen molar-refractivity contribution in [1.82, 2.24) is 15.0 Å². The van der Waals surface area contributed by atoms with Crippen molar-refractivity contribution in [1.29, 1.82) is 0 Å². The molecule has 0 radical (unpaired) electrons. The van der Waals surface area contributed by atoms with E-state index in [1.165, 1.54) is 17.7 Å². The predicted octanol–water partition coefficient (Wildman–Crippen LogP) is 3.97. The van der Waals surface area contributed by atoms with Crippen LogP contribution in [-0.4, -0.2) is 33.5 Å². The number of fused-ring (bicyclic) bond motifs is 1. The Morgan fingerprint density at radius 2 is 2.12 bits per heavy atom. The molecule has 8 nitrogen and oxygen atoms in total. The number of unbranched alkanes of at least 4 members (excludes halogenated alkanes) is 1. The zero-order valence-electron chi connectivity index (χ0n) is 14.0. The predicted molar refractivity (Wildman–Crippen MR) is 99.8 cm³/mol. The molecule has 0 saturated heterocycles. The van der Waals surface area contributed by atoms with Gasteiger partial charge >= 0.3 is 5.69 Å². The summed E-state index contributed by atoms with van der Waals surface area (Å²) < 4.78 is 1.00. The molecule has 0 bridgehead atoms. The quantitative estimate of drug-likeness (QED) is 0.504. The zero-order valence-corrected chi connectivity index (χ0v) is 14.8. The van der Waals surface area contributed by atoms with E-state index in [1.807, 2.05) is 24.3 Å². The summed E-state index contributed by atoms with van der Waals surface area (Å²) in [6.45, 7) is 2.76. The molecule has 3 aromatic rings. The summed E-state index contributed by atoms with van der Waals surface area (Å²) in [5.74, 6) is 0.453. The van der Waals surface area contributed by atoms with Gasteiger partial charge in [0, 0.05) is 13.6 Å². The van der Waals surface area contributed by atoms with E-state index in [0.717, 1.165) is 23.1 Å². The Morgan fingerprint density at radius 3 is 2.84 bits per heavy atom. The average molecular weight is 358 g/mol. The van der Waals surface area contributed by atoms with Crippen molar-refractivity contribution in [2.24, 2.45) is 0 Å². The standard InChI is InChI=1S/C16H18N6O2S/c1-3-4-9-21(2)15-13(22(23)24)14(17-10-18-15)20-16-19-11-7-5-6-8-12(11)25-16/h5-8,10H,3-4,9H2,1-2H3,(H,17,18,19,20). The monoisotopic (exact) mass is 358 g/mol. The van der Waals surface area contributed by atoms with Crippen LogP contribution in [0.4, 0.5) is 22.5 Å². The number of nitrogens with one attached hydrogen (secondary N) is 1. The van der Waals surface area contributed by atoms with Gasteiger partial charge in [0.25, 0.3) is 0 Å². The van der Waals surface area contributed by atoms with E-state index in [4.69, 9.17) is 0 Å². The molecule has 0 unspecified atom stereocenters. The lowest BCUT2D eigenvalue weighted by atomic mass is 10.3. The summed E-state index contributed by atoms with van der Waals surface area (Å²) in [6.07, 6.45) is 3.26. The number of nitrogens with zero attached hydrogens (tertiary/aromatic N) is 5. The van der Waals surface area contributed by atoms with Gasteiger partial charge in [-0.1, -0.05) is 36.8 Å². The lowest BCUT2D eigenvalue weighted by molar-refractivity contribution is -0.383. The summed E-state index contributed by atoms with van der Waals surface area (Å²) in [7, 11) is 1.80. The smallest absolute Gasteiger partial charge is 0.353 e. The summed E-state index contributed by atoms with van der Waals surface area (Å²) in [5, 5.41) is 15.2. The van der Waals surface area contributed by atoms with Crippen LogP contribution in [0.15, 0.2) is 30.6 Å². The molecule has 0 saturated carbocycles. The Hall–Kier alpha value is -2.81. The van der Waals surface area contributed by atoms with Crippen LogP contribution in [0.25, 0.3) is 10.2 Å². The summed E-state index contributed by atoms with van der Waals surface area (Å²) >= 11 is 1.42. The Labute approximate surface area is 148 Å². The van der Waals surface area contributed by atoms with E-state index in [0.29, 0.717) is 17.5 Å². The topological polar surface area (TPSA) is 97.1 Å². The fraction of sp³-hybridized carbons (Fsp3) is 0.312. The first-order valence-electron chi connectivity index (χ1n) is 7.93. The lowest BCUT2D eigenvalue weighted by Crippen LogP contribution is -2.21. The van der Waals surface area contributed by atoms with Gasteiger partial charge in [-0.15, -0.1) is 0 Å². The molecule has 9 heteroatoms. The second-order valence-electron chi connectivity index (χ2n) is 5.54. The maximum absolute atomic E-state index is 11.6. The third kappa shape index (κ3) is 3.66. The van der Waals surface area contributed by atoms with Crippen LogP contribution >= 0.6 is 11.3 Å². The summed E-state index contributed by atoms with van der Waals surface area (Å²) in [4.78, 5) is 25.6. The highest BCUT2D eigenvalue weighted by Gasteiger charge is 2.26. The van der Waals surface area contributed by atoms with Crippen LogP contribution in [-0.2, 0) is 0 Å².